The van der Waals surface area contributed by atoms with Crippen molar-refractivity contribution in [2.75, 3.05) is 33.4 Å². The molecule has 2 N–H and O–H groups in total. The van der Waals surface area contributed by atoms with Gasteiger partial charge in [0.2, 0.25) is 0 Å². The van der Waals surface area contributed by atoms with Crippen molar-refractivity contribution < 1.29 is 14.5 Å². The highest BCUT2D eigenvalue weighted by atomic mass is 35.5. The number of methoxy groups -OCH3 is 1. The molecule has 1 aromatic rings. The van der Waals surface area contributed by atoms with Crippen LogP contribution in [0.3, 0.4) is 0 Å². The largest absolute Gasteiger partial charge is 0.383 e. The number of nitrogens with one attached hydrogen (secondary N) is 2. The van der Waals surface area contributed by atoms with Gasteiger partial charge in [-0.1, -0.05) is 11.6 Å². The van der Waals surface area contributed by atoms with Gasteiger partial charge in [-0.25, -0.2) is 0 Å². The number of non-ortho nitro benzene ring substituents is 1. The molecule has 0 aliphatic rings. The second-order valence-electron chi connectivity index (χ2n) is 3.95. The minimum atomic E-state index is -0.588. The van der Waals surface area contributed by atoms with E-state index in [0.717, 1.165) is 0 Å². The van der Waals surface area contributed by atoms with E-state index in [2.05, 4.69) is 10.6 Å². The fourth-order valence-corrected chi connectivity index (χ4v) is 1.71. The van der Waals surface area contributed by atoms with Gasteiger partial charge < -0.3 is 15.4 Å². The van der Waals surface area contributed by atoms with Gasteiger partial charge in [-0.15, -0.1) is 12.4 Å². The number of carbonyl (C=O) groups is 1. The maximum atomic E-state index is 11.8. The Hall–Kier alpha value is -1.41. The molecule has 1 amide bonds. The van der Waals surface area contributed by atoms with Gasteiger partial charge >= 0.3 is 0 Å². The molecule has 7 nitrogen and oxygen atoms in total. The number of hydrogen-bond acceptors (Lipinski definition) is 5. The molecule has 118 valence electrons. The number of carbonyl (C=O) groups excluding carboxylic acids is 1. The molecule has 0 aliphatic heterocycles. The summed E-state index contributed by atoms with van der Waals surface area (Å²) in [7, 11) is 1.61. The second kappa shape index (κ2) is 10.3. The van der Waals surface area contributed by atoms with Crippen LogP contribution in [0.5, 0.6) is 0 Å². The maximum absolute atomic E-state index is 11.8. The van der Waals surface area contributed by atoms with Crippen molar-refractivity contribution in [1.29, 1.82) is 0 Å². The first-order chi connectivity index (χ1) is 9.54. The number of ether oxygens (including phenoxy) is 1. The standard InChI is InChI=1S/C12H16ClN3O4.ClH/c1-20-5-4-14-2-3-15-12(17)9-6-10(13)8-11(7-9)16(18)19;/h6-8,14H,2-5H2,1H3,(H,15,17);1H. The maximum Gasteiger partial charge on any atom is 0.271 e. The van der Waals surface area contributed by atoms with E-state index in [4.69, 9.17) is 16.3 Å². The Kier molecular flexibility index (Phi) is 9.64. The molecule has 1 rings (SSSR count). The van der Waals surface area contributed by atoms with Crippen LogP contribution in [0.4, 0.5) is 5.69 Å². The highest BCUT2D eigenvalue weighted by Gasteiger charge is 2.13. The Morgan fingerprint density at radius 2 is 2.05 bits per heavy atom. The lowest BCUT2D eigenvalue weighted by Crippen LogP contribution is -2.33. The minimum Gasteiger partial charge on any atom is -0.383 e. The van der Waals surface area contributed by atoms with Crippen LogP contribution < -0.4 is 10.6 Å². The summed E-state index contributed by atoms with van der Waals surface area (Å²) < 4.78 is 4.86. The van der Waals surface area contributed by atoms with Crippen LogP contribution in [-0.4, -0.2) is 44.2 Å². The lowest BCUT2D eigenvalue weighted by atomic mass is 10.2. The number of hydrogen-bond donors (Lipinski definition) is 2. The molecular weight excluding hydrogens is 321 g/mol. The first-order valence-electron chi connectivity index (χ1n) is 5.97. The summed E-state index contributed by atoms with van der Waals surface area (Å²) in [6.07, 6.45) is 0. The number of nitro groups is 1. The Morgan fingerprint density at radius 3 is 2.67 bits per heavy atom. The molecule has 9 heteroatoms. The van der Waals surface area contributed by atoms with Crippen molar-refractivity contribution in [1.82, 2.24) is 10.6 Å². The van der Waals surface area contributed by atoms with E-state index >= 15 is 0 Å². The molecule has 0 fully saturated rings. The Balaban J connectivity index is 0.00000400. The highest BCUT2D eigenvalue weighted by Crippen LogP contribution is 2.20. The van der Waals surface area contributed by atoms with Gasteiger partial charge in [0.05, 0.1) is 11.5 Å². The van der Waals surface area contributed by atoms with Crippen LogP contribution in [0.15, 0.2) is 18.2 Å². The van der Waals surface area contributed by atoms with Crippen molar-refractivity contribution in [2.24, 2.45) is 0 Å². The minimum absolute atomic E-state index is 0. The molecule has 0 saturated heterocycles. The van der Waals surface area contributed by atoms with E-state index in [1.165, 1.54) is 18.2 Å². The van der Waals surface area contributed by atoms with Gasteiger partial charge in [-0.05, 0) is 6.07 Å². The monoisotopic (exact) mass is 337 g/mol. The molecule has 0 saturated carbocycles. The number of amides is 1. The van der Waals surface area contributed by atoms with E-state index in [1.807, 2.05) is 0 Å². The lowest BCUT2D eigenvalue weighted by Gasteiger charge is -2.07. The Morgan fingerprint density at radius 1 is 1.33 bits per heavy atom. The zero-order valence-electron chi connectivity index (χ0n) is 11.4. The summed E-state index contributed by atoms with van der Waals surface area (Å²) in [6.45, 7) is 2.27. The summed E-state index contributed by atoms with van der Waals surface area (Å²) >= 11 is 5.75. The first-order valence-corrected chi connectivity index (χ1v) is 6.35. The summed E-state index contributed by atoms with van der Waals surface area (Å²) in [5, 5.41) is 16.5. The molecular formula is C12H17Cl2N3O4. The zero-order valence-corrected chi connectivity index (χ0v) is 13.0. The van der Waals surface area contributed by atoms with E-state index in [9.17, 15) is 14.9 Å². The van der Waals surface area contributed by atoms with E-state index in [0.29, 0.717) is 26.2 Å². The number of halogens is 2. The summed E-state index contributed by atoms with van der Waals surface area (Å²) in [4.78, 5) is 21.9. The van der Waals surface area contributed by atoms with Crippen molar-refractivity contribution in [3.8, 4) is 0 Å². The fourth-order valence-electron chi connectivity index (χ4n) is 1.48. The van der Waals surface area contributed by atoms with Crippen molar-refractivity contribution >= 4 is 35.6 Å². The molecule has 21 heavy (non-hydrogen) atoms. The smallest absolute Gasteiger partial charge is 0.271 e. The molecule has 0 radical (unpaired) electrons. The lowest BCUT2D eigenvalue weighted by molar-refractivity contribution is -0.384. The molecule has 0 aliphatic carbocycles. The average Bonchev–Trinajstić information content (AvgIpc) is 2.41. The molecule has 1 aromatic carbocycles. The highest BCUT2D eigenvalue weighted by molar-refractivity contribution is 6.31. The predicted molar refractivity (Wildman–Crippen MR) is 82.4 cm³/mol. The number of nitro benzene ring substituents is 1. The van der Waals surface area contributed by atoms with Crippen molar-refractivity contribution in [2.45, 2.75) is 0 Å². The quantitative estimate of drug-likeness (QED) is 0.427. The fraction of sp³-hybridized carbons (Fsp3) is 0.417. The van der Waals surface area contributed by atoms with Gasteiger partial charge in [0.1, 0.15) is 0 Å². The van der Waals surface area contributed by atoms with E-state index in [1.54, 1.807) is 7.11 Å². The van der Waals surface area contributed by atoms with Gasteiger partial charge in [-0.3, -0.25) is 14.9 Å². The number of nitrogens with zero attached hydrogens (tertiary/aromatic N) is 1. The number of benzene rings is 1. The van der Waals surface area contributed by atoms with Crippen LogP contribution in [0.2, 0.25) is 5.02 Å². The molecule has 0 aromatic heterocycles. The van der Waals surface area contributed by atoms with E-state index < -0.39 is 10.8 Å². The average molecular weight is 338 g/mol. The van der Waals surface area contributed by atoms with E-state index in [-0.39, 0.29) is 28.7 Å². The number of rotatable bonds is 8. The third-order valence-electron chi connectivity index (χ3n) is 2.43. The van der Waals surface area contributed by atoms with Crippen LogP contribution in [-0.2, 0) is 4.74 Å². The summed E-state index contributed by atoms with van der Waals surface area (Å²) in [6, 6.07) is 3.78. The third kappa shape index (κ3) is 7.24. The molecule has 0 bridgehead atoms. The molecule has 0 heterocycles. The second-order valence-corrected chi connectivity index (χ2v) is 4.39. The van der Waals surface area contributed by atoms with Gasteiger partial charge in [0, 0.05) is 49.5 Å². The van der Waals surface area contributed by atoms with Crippen molar-refractivity contribution in [3.63, 3.8) is 0 Å². The van der Waals surface area contributed by atoms with Crippen LogP contribution in [0.25, 0.3) is 0 Å². The Bertz CT molecular complexity index is 486. The zero-order chi connectivity index (χ0) is 15.0. The van der Waals surface area contributed by atoms with Crippen LogP contribution in [0.1, 0.15) is 10.4 Å². The predicted octanol–water partition coefficient (Wildman–Crippen LogP) is 1.64. The SMILES string of the molecule is COCCNCCNC(=O)c1cc(Cl)cc([N+](=O)[O-])c1.Cl. The van der Waals surface area contributed by atoms with Gasteiger partial charge in [-0.2, -0.15) is 0 Å². The molecule has 0 atom stereocenters. The van der Waals surface area contributed by atoms with Gasteiger partial charge in [0.15, 0.2) is 0 Å². The topological polar surface area (TPSA) is 93.5 Å². The van der Waals surface area contributed by atoms with Gasteiger partial charge in [0.25, 0.3) is 11.6 Å². The van der Waals surface area contributed by atoms with Crippen LogP contribution in [0, 0.1) is 10.1 Å². The molecule has 0 spiro atoms. The molecule has 0 unspecified atom stereocenters. The van der Waals surface area contributed by atoms with Crippen LogP contribution >= 0.6 is 24.0 Å². The first kappa shape index (κ1) is 19.6. The summed E-state index contributed by atoms with van der Waals surface area (Å²) in [5.74, 6) is -0.399. The normalized spacial score (nSPS) is 9.81. The summed E-state index contributed by atoms with van der Waals surface area (Å²) in [5.41, 5.74) is -0.0399. The Labute approximate surface area is 133 Å². The third-order valence-corrected chi connectivity index (χ3v) is 2.64. The van der Waals surface area contributed by atoms with Crippen molar-refractivity contribution in [3.05, 3.63) is 38.9 Å².